The number of aryl methyl sites for hydroxylation is 1. The average molecular weight is 382 g/mol. The zero-order valence-electron chi connectivity index (χ0n) is 15.5. The Bertz CT molecular complexity index is 952. The number of rotatable bonds is 5. The molecule has 10 nitrogen and oxygen atoms in total. The predicted molar refractivity (Wildman–Crippen MR) is 100 cm³/mol. The number of fused-ring (bicyclic) bond motifs is 1. The van der Waals surface area contributed by atoms with E-state index in [9.17, 15) is 9.59 Å². The quantitative estimate of drug-likeness (QED) is 0.695. The molecular weight excluding hydrogens is 360 g/mol. The monoisotopic (exact) mass is 382 g/mol. The van der Waals surface area contributed by atoms with E-state index < -0.39 is 0 Å². The van der Waals surface area contributed by atoms with Gasteiger partial charge in [-0.15, -0.1) is 0 Å². The Hall–Kier alpha value is -3.30. The zero-order chi connectivity index (χ0) is 19.3. The number of amides is 2. The van der Waals surface area contributed by atoms with Crippen molar-refractivity contribution in [3.63, 3.8) is 0 Å². The molecule has 1 fully saturated rings. The van der Waals surface area contributed by atoms with Crippen molar-refractivity contribution in [3.05, 3.63) is 36.4 Å². The summed E-state index contributed by atoms with van der Waals surface area (Å²) in [5.41, 5.74) is 1.99. The summed E-state index contributed by atoms with van der Waals surface area (Å²) in [5.74, 6) is 0.0869. The van der Waals surface area contributed by atoms with Crippen LogP contribution in [-0.4, -0.2) is 78.0 Å². The van der Waals surface area contributed by atoms with Crippen molar-refractivity contribution in [3.8, 4) is 0 Å². The number of hydrogen-bond donors (Lipinski definition) is 1. The number of nitrogens with zero attached hydrogens (tertiary/aromatic N) is 7. The van der Waals surface area contributed by atoms with Crippen LogP contribution >= 0.6 is 0 Å². The van der Waals surface area contributed by atoms with Gasteiger partial charge in [-0.25, -0.2) is 4.98 Å². The molecule has 0 spiro atoms. The third kappa shape index (κ3) is 4.00. The molecule has 2 aromatic heterocycles. The fourth-order valence-corrected chi connectivity index (χ4v) is 3.42. The van der Waals surface area contributed by atoms with E-state index in [1.54, 1.807) is 29.2 Å². The van der Waals surface area contributed by atoms with E-state index in [0.717, 1.165) is 18.4 Å². The van der Waals surface area contributed by atoms with Gasteiger partial charge in [-0.05, 0) is 31.0 Å². The summed E-state index contributed by atoms with van der Waals surface area (Å²) in [6.07, 6.45) is 5.10. The summed E-state index contributed by atoms with van der Waals surface area (Å²) in [6.45, 7) is 3.08. The van der Waals surface area contributed by atoms with Crippen LogP contribution in [0, 0.1) is 0 Å². The van der Waals surface area contributed by atoms with Gasteiger partial charge in [0, 0.05) is 44.7 Å². The molecule has 1 aromatic carbocycles. The van der Waals surface area contributed by atoms with E-state index >= 15 is 0 Å². The summed E-state index contributed by atoms with van der Waals surface area (Å²) < 4.78 is 1.72. The molecule has 28 heavy (non-hydrogen) atoms. The van der Waals surface area contributed by atoms with Crippen molar-refractivity contribution >= 4 is 22.8 Å². The highest BCUT2D eigenvalue weighted by atomic mass is 16.2. The highest BCUT2D eigenvalue weighted by Crippen LogP contribution is 2.15. The maximum atomic E-state index is 12.8. The van der Waals surface area contributed by atoms with Crippen molar-refractivity contribution in [1.82, 2.24) is 40.0 Å². The Morgan fingerprint density at radius 2 is 1.86 bits per heavy atom. The molecule has 0 bridgehead atoms. The second kappa shape index (κ2) is 8.15. The topological polar surface area (TPSA) is 113 Å². The highest BCUT2D eigenvalue weighted by molar-refractivity contribution is 5.97. The number of hydrogen-bond acceptors (Lipinski definition) is 6. The van der Waals surface area contributed by atoms with Crippen LogP contribution in [0.15, 0.2) is 30.9 Å². The van der Waals surface area contributed by atoms with Crippen LogP contribution in [-0.2, 0) is 11.3 Å². The minimum absolute atomic E-state index is 0.0367. The molecule has 146 valence electrons. The van der Waals surface area contributed by atoms with Crippen LogP contribution in [0.4, 0.5) is 0 Å². The van der Waals surface area contributed by atoms with Gasteiger partial charge in [0.15, 0.2) is 0 Å². The maximum absolute atomic E-state index is 12.8. The molecule has 3 heterocycles. The third-order valence-corrected chi connectivity index (χ3v) is 4.94. The lowest BCUT2D eigenvalue weighted by atomic mass is 10.1. The van der Waals surface area contributed by atoms with Crippen molar-refractivity contribution in [2.75, 3.05) is 26.2 Å². The highest BCUT2D eigenvalue weighted by Gasteiger charge is 2.23. The van der Waals surface area contributed by atoms with Crippen molar-refractivity contribution in [2.45, 2.75) is 25.8 Å². The van der Waals surface area contributed by atoms with Gasteiger partial charge in [-0.2, -0.15) is 20.5 Å². The van der Waals surface area contributed by atoms with E-state index in [0.29, 0.717) is 50.2 Å². The summed E-state index contributed by atoms with van der Waals surface area (Å²) in [4.78, 5) is 32.9. The Balaban J connectivity index is 1.31. The number of aromatic amines is 1. The minimum Gasteiger partial charge on any atom is -0.341 e. The van der Waals surface area contributed by atoms with E-state index in [2.05, 4.69) is 25.5 Å². The number of aromatic nitrogens is 6. The fourth-order valence-electron chi connectivity index (χ4n) is 3.42. The standard InChI is InChI=1S/C18H22N8O2/c27-17(3-1-8-26-13-19-12-20-26)24-6-2-7-25(10-9-24)18(28)14-4-5-15-16(11-14)22-23-21-15/h4-5,11-13H,1-3,6-10H2,(H,21,22,23). The molecule has 3 aromatic rings. The number of H-pyrrole nitrogens is 1. The van der Waals surface area contributed by atoms with Crippen molar-refractivity contribution in [1.29, 1.82) is 0 Å². The summed E-state index contributed by atoms with van der Waals surface area (Å²) in [7, 11) is 0. The minimum atomic E-state index is -0.0367. The van der Waals surface area contributed by atoms with Crippen molar-refractivity contribution in [2.24, 2.45) is 0 Å². The first kappa shape index (κ1) is 18.1. The zero-order valence-corrected chi connectivity index (χ0v) is 15.5. The molecular formula is C18H22N8O2. The molecule has 2 amide bonds. The van der Waals surface area contributed by atoms with Crippen LogP contribution in [0.3, 0.4) is 0 Å². The van der Waals surface area contributed by atoms with Gasteiger partial charge in [0.05, 0.1) is 0 Å². The lowest BCUT2D eigenvalue weighted by Gasteiger charge is -2.22. The largest absolute Gasteiger partial charge is 0.341 e. The first-order chi connectivity index (χ1) is 13.7. The molecule has 1 aliphatic heterocycles. The van der Waals surface area contributed by atoms with Gasteiger partial charge >= 0.3 is 0 Å². The molecule has 1 N–H and O–H groups in total. The first-order valence-corrected chi connectivity index (χ1v) is 9.41. The van der Waals surface area contributed by atoms with Gasteiger partial charge in [0.25, 0.3) is 5.91 Å². The molecule has 1 aliphatic rings. The first-order valence-electron chi connectivity index (χ1n) is 9.41. The number of benzene rings is 1. The molecule has 4 rings (SSSR count). The summed E-state index contributed by atoms with van der Waals surface area (Å²) >= 11 is 0. The molecule has 10 heteroatoms. The van der Waals surface area contributed by atoms with E-state index in [1.807, 2.05) is 9.80 Å². The summed E-state index contributed by atoms with van der Waals surface area (Å²) in [5, 5.41) is 14.6. The predicted octanol–water partition coefficient (Wildman–Crippen LogP) is 0.704. The Labute approximate surface area is 161 Å². The third-order valence-electron chi connectivity index (χ3n) is 4.94. The average Bonchev–Trinajstić information content (AvgIpc) is 3.33. The van der Waals surface area contributed by atoms with Crippen LogP contribution in [0.5, 0.6) is 0 Å². The molecule has 0 atom stereocenters. The summed E-state index contributed by atoms with van der Waals surface area (Å²) in [6, 6.07) is 5.30. The molecule has 0 aliphatic carbocycles. The van der Waals surface area contributed by atoms with E-state index in [-0.39, 0.29) is 11.8 Å². The maximum Gasteiger partial charge on any atom is 0.253 e. The van der Waals surface area contributed by atoms with Crippen molar-refractivity contribution < 1.29 is 9.59 Å². The SMILES string of the molecule is O=C(CCCn1cncn1)N1CCCN(C(=O)c2ccc3n[nH]nc3c2)CC1. The molecule has 0 unspecified atom stereocenters. The van der Waals surface area contributed by atoms with Gasteiger partial charge in [0.1, 0.15) is 23.7 Å². The lowest BCUT2D eigenvalue weighted by Crippen LogP contribution is -2.37. The van der Waals surface area contributed by atoms with Gasteiger partial charge < -0.3 is 9.80 Å². The second-order valence-electron chi connectivity index (χ2n) is 6.82. The van der Waals surface area contributed by atoms with Gasteiger partial charge in [-0.1, -0.05) is 0 Å². The molecule has 0 saturated carbocycles. The van der Waals surface area contributed by atoms with Crippen LogP contribution < -0.4 is 0 Å². The van der Waals surface area contributed by atoms with Crippen LogP contribution in [0.2, 0.25) is 0 Å². The Morgan fingerprint density at radius 1 is 1.04 bits per heavy atom. The number of nitrogens with one attached hydrogen (secondary N) is 1. The number of carbonyl (C=O) groups excluding carboxylic acids is 2. The Kier molecular flexibility index (Phi) is 5.27. The van der Waals surface area contributed by atoms with Gasteiger partial charge in [0.2, 0.25) is 5.91 Å². The van der Waals surface area contributed by atoms with Crippen LogP contribution in [0.1, 0.15) is 29.6 Å². The lowest BCUT2D eigenvalue weighted by molar-refractivity contribution is -0.131. The number of carbonyl (C=O) groups is 2. The van der Waals surface area contributed by atoms with E-state index in [4.69, 9.17) is 0 Å². The normalized spacial score (nSPS) is 15.0. The molecule has 0 radical (unpaired) electrons. The molecule has 1 saturated heterocycles. The smallest absolute Gasteiger partial charge is 0.253 e. The Morgan fingerprint density at radius 3 is 2.71 bits per heavy atom. The van der Waals surface area contributed by atoms with Gasteiger partial charge in [-0.3, -0.25) is 14.3 Å². The second-order valence-corrected chi connectivity index (χ2v) is 6.82. The van der Waals surface area contributed by atoms with Crippen LogP contribution in [0.25, 0.3) is 11.0 Å². The fraction of sp³-hybridized carbons (Fsp3) is 0.444. The van der Waals surface area contributed by atoms with E-state index in [1.165, 1.54) is 6.33 Å².